The minimum Gasteiger partial charge on any atom is -0.422 e. The van der Waals surface area contributed by atoms with E-state index in [1.165, 1.54) is 0 Å². The highest BCUT2D eigenvalue weighted by molar-refractivity contribution is 9.10. The molecule has 0 aliphatic carbocycles. The smallest absolute Gasteiger partial charge is 0.344 e. The van der Waals surface area contributed by atoms with Crippen LogP contribution in [-0.4, -0.2) is 0 Å². The fraction of sp³-hybridized carbons (Fsp3) is 0.0714. The van der Waals surface area contributed by atoms with Gasteiger partial charge < -0.3 is 4.42 Å². The summed E-state index contributed by atoms with van der Waals surface area (Å²) in [5.41, 5.74) is 1.49. The molecule has 0 aliphatic rings. The molecule has 1 heterocycles. The van der Waals surface area contributed by atoms with Gasteiger partial charge in [0.1, 0.15) is 5.58 Å². The first-order valence-electron chi connectivity index (χ1n) is 5.28. The highest BCUT2D eigenvalue weighted by Gasteiger charge is 2.07. The molecule has 0 unspecified atom stereocenters. The average Bonchev–Trinajstić information content (AvgIpc) is 2.30. The molecular weight excluding hydrogens is 280 g/mol. The van der Waals surface area contributed by atoms with E-state index in [4.69, 9.17) is 4.42 Å². The van der Waals surface area contributed by atoms with Gasteiger partial charge in [0.05, 0.1) is 5.39 Å². The maximum Gasteiger partial charge on any atom is 0.344 e. The highest BCUT2D eigenvalue weighted by Crippen LogP contribution is 2.25. The number of fused-ring (bicyclic) bond motifs is 3. The van der Waals surface area contributed by atoms with Crippen molar-refractivity contribution in [3.05, 3.63) is 56.9 Å². The Hall–Kier alpha value is -1.61. The molecule has 0 saturated heterocycles. The molecular formula is C14H9BrO2. The van der Waals surface area contributed by atoms with Gasteiger partial charge >= 0.3 is 5.63 Å². The van der Waals surface area contributed by atoms with Crippen LogP contribution in [0.2, 0.25) is 0 Å². The van der Waals surface area contributed by atoms with E-state index in [2.05, 4.69) is 15.9 Å². The van der Waals surface area contributed by atoms with Gasteiger partial charge in [0.2, 0.25) is 0 Å². The van der Waals surface area contributed by atoms with Crippen molar-refractivity contribution in [3.63, 3.8) is 0 Å². The molecule has 0 radical (unpaired) electrons. The Balaban J connectivity index is 2.62. The molecule has 0 bridgehead atoms. The van der Waals surface area contributed by atoms with Crippen molar-refractivity contribution in [1.29, 1.82) is 0 Å². The van der Waals surface area contributed by atoms with Crippen molar-refractivity contribution in [2.45, 2.75) is 6.92 Å². The van der Waals surface area contributed by atoms with Gasteiger partial charge in [0, 0.05) is 15.2 Å². The Labute approximate surface area is 106 Å². The predicted octanol–water partition coefficient (Wildman–Crippen LogP) is 4.02. The molecule has 0 N–H and O–H groups in total. The number of aryl methyl sites for hydroxylation is 1. The molecule has 0 saturated carbocycles. The summed E-state index contributed by atoms with van der Waals surface area (Å²) >= 11 is 3.36. The van der Waals surface area contributed by atoms with E-state index < -0.39 is 0 Å². The van der Waals surface area contributed by atoms with Crippen LogP contribution in [0.5, 0.6) is 0 Å². The van der Waals surface area contributed by atoms with E-state index in [1.54, 1.807) is 6.07 Å². The summed E-state index contributed by atoms with van der Waals surface area (Å²) in [6.07, 6.45) is 0. The Morgan fingerprint density at radius 2 is 1.82 bits per heavy atom. The second kappa shape index (κ2) is 3.70. The van der Waals surface area contributed by atoms with E-state index >= 15 is 0 Å². The third-order valence-electron chi connectivity index (χ3n) is 2.83. The van der Waals surface area contributed by atoms with Crippen LogP contribution in [0, 0.1) is 6.92 Å². The van der Waals surface area contributed by atoms with E-state index in [0.717, 1.165) is 20.8 Å². The summed E-state index contributed by atoms with van der Waals surface area (Å²) < 4.78 is 6.19. The molecule has 0 aliphatic heterocycles. The van der Waals surface area contributed by atoms with Crippen molar-refractivity contribution in [2.75, 3.05) is 0 Å². The number of halogens is 1. The van der Waals surface area contributed by atoms with E-state index in [-0.39, 0.29) is 5.63 Å². The van der Waals surface area contributed by atoms with E-state index in [9.17, 15) is 4.79 Å². The molecule has 3 rings (SSSR count). The summed E-state index contributed by atoms with van der Waals surface area (Å²) in [4.78, 5) is 11.8. The van der Waals surface area contributed by atoms with Gasteiger partial charge in [-0.2, -0.15) is 0 Å². The summed E-state index contributed by atoms with van der Waals surface area (Å²) in [5.74, 6) is 0. The molecule has 0 spiro atoms. The van der Waals surface area contributed by atoms with Crippen LogP contribution in [0.4, 0.5) is 0 Å². The Morgan fingerprint density at radius 1 is 1.00 bits per heavy atom. The first kappa shape index (κ1) is 10.5. The lowest BCUT2D eigenvalue weighted by Gasteiger charge is -2.03. The molecule has 0 fully saturated rings. The zero-order valence-corrected chi connectivity index (χ0v) is 10.7. The zero-order chi connectivity index (χ0) is 12.0. The van der Waals surface area contributed by atoms with Crippen molar-refractivity contribution in [2.24, 2.45) is 0 Å². The zero-order valence-electron chi connectivity index (χ0n) is 9.16. The summed E-state index contributed by atoms with van der Waals surface area (Å²) in [5, 5.41) is 2.52. The van der Waals surface area contributed by atoms with Crippen molar-refractivity contribution >= 4 is 37.7 Å². The lowest BCUT2D eigenvalue weighted by molar-refractivity contribution is 0.569. The first-order chi connectivity index (χ1) is 8.15. The number of hydrogen-bond donors (Lipinski definition) is 0. The van der Waals surface area contributed by atoms with Gasteiger partial charge in [-0.1, -0.05) is 33.6 Å². The topological polar surface area (TPSA) is 30.2 Å². The number of rotatable bonds is 0. The molecule has 0 atom stereocenters. The van der Waals surface area contributed by atoms with Crippen LogP contribution in [0.1, 0.15) is 5.56 Å². The van der Waals surface area contributed by atoms with Gasteiger partial charge in [-0.3, -0.25) is 0 Å². The van der Waals surface area contributed by atoms with Crippen LogP contribution in [0.25, 0.3) is 21.7 Å². The van der Waals surface area contributed by atoms with Crippen LogP contribution in [0.15, 0.2) is 50.1 Å². The first-order valence-corrected chi connectivity index (χ1v) is 6.07. The van der Waals surface area contributed by atoms with Crippen LogP contribution >= 0.6 is 15.9 Å². The minimum atomic E-state index is -0.294. The van der Waals surface area contributed by atoms with Crippen molar-refractivity contribution < 1.29 is 4.42 Å². The summed E-state index contributed by atoms with van der Waals surface area (Å²) in [7, 11) is 0. The van der Waals surface area contributed by atoms with Crippen LogP contribution in [0.3, 0.4) is 0 Å². The largest absolute Gasteiger partial charge is 0.422 e. The predicted molar refractivity (Wildman–Crippen MR) is 72.4 cm³/mol. The van der Waals surface area contributed by atoms with Crippen molar-refractivity contribution in [3.8, 4) is 0 Å². The Kier molecular flexibility index (Phi) is 2.30. The van der Waals surface area contributed by atoms with Gasteiger partial charge in [-0.15, -0.1) is 0 Å². The normalized spacial score (nSPS) is 11.2. The van der Waals surface area contributed by atoms with Gasteiger partial charge in [-0.25, -0.2) is 4.79 Å². The third kappa shape index (κ3) is 1.67. The fourth-order valence-electron chi connectivity index (χ4n) is 2.02. The Bertz CT molecular complexity index is 787. The van der Waals surface area contributed by atoms with Crippen LogP contribution < -0.4 is 5.63 Å². The van der Waals surface area contributed by atoms with E-state index in [0.29, 0.717) is 11.0 Å². The fourth-order valence-corrected chi connectivity index (χ4v) is 2.38. The molecule has 17 heavy (non-hydrogen) atoms. The minimum absolute atomic E-state index is 0.294. The lowest BCUT2D eigenvalue weighted by Crippen LogP contribution is -1.99. The molecule has 2 aromatic carbocycles. The molecule has 3 heteroatoms. The molecule has 84 valence electrons. The van der Waals surface area contributed by atoms with Crippen molar-refractivity contribution in [1.82, 2.24) is 0 Å². The SMILES string of the molecule is Cc1ccc2oc(=O)c3cc(Br)ccc3c2c1. The molecule has 3 aromatic rings. The average molecular weight is 289 g/mol. The van der Waals surface area contributed by atoms with Gasteiger partial charge in [0.25, 0.3) is 0 Å². The van der Waals surface area contributed by atoms with E-state index in [1.807, 2.05) is 37.3 Å². The standard InChI is InChI=1S/C14H9BrO2/c1-8-2-5-13-11(6-8)10-4-3-9(15)7-12(10)14(16)17-13/h2-7H,1H3. The Morgan fingerprint density at radius 3 is 2.65 bits per heavy atom. The second-order valence-corrected chi connectivity index (χ2v) is 4.99. The summed E-state index contributed by atoms with van der Waals surface area (Å²) in [6, 6.07) is 11.5. The number of hydrogen-bond acceptors (Lipinski definition) is 2. The summed E-state index contributed by atoms with van der Waals surface area (Å²) in [6.45, 7) is 2.02. The van der Waals surface area contributed by atoms with Gasteiger partial charge in [0.15, 0.2) is 0 Å². The van der Waals surface area contributed by atoms with Gasteiger partial charge in [-0.05, 0) is 31.2 Å². The lowest BCUT2D eigenvalue weighted by atomic mass is 10.1. The molecule has 1 aromatic heterocycles. The molecule has 2 nitrogen and oxygen atoms in total. The maximum atomic E-state index is 11.8. The highest BCUT2D eigenvalue weighted by atomic mass is 79.9. The molecule has 0 amide bonds. The third-order valence-corrected chi connectivity index (χ3v) is 3.32. The monoisotopic (exact) mass is 288 g/mol. The second-order valence-electron chi connectivity index (χ2n) is 4.08. The number of benzene rings is 2. The quantitative estimate of drug-likeness (QED) is 0.462. The maximum absolute atomic E-state index is 11.8. The van der Waals surface area contributed by atoms with Crippen LogP contribution in [-0.2, 0) is 0 Å².